The Morgan fingerprint density at radius 2 is 1.09 bits per heavy atom. The Bertz CT molecular complexity index is 3100. The number of para-hydroxylation sites is 1. The van der Waals surface area contributed by atoms with Crippen LogP contribution in [0.5, 0.6) is 0 Å². The van der Waals surface area contributed by atoms with Crippen LogP contribution in [0.25, 0.3) is 98.5 Å². The number of aromatic nitrogens is 3. The van der Waals surface area contributed by atoms with Crippen LogP contribution in [0.15, 0.2) is 156 Å². The van der Waals surface area contributed by atoms with Gasteiger partial charge in [-0.05, 0) is 69.8 Å². The van der Waals surface area contributed by atoms with E-state index >= 15 is 0 Å². The molecule has 5 heteroatoms. The number of thiophene rings is 1. The van der Waals surface area contributed by atoms with Crippen molar-refractivity contribution in [3.63, 3.8) is 0 Å². The van der Waals surface area contributed by atoms with E-state index < -0.39 is 0 Å². The van der Waals surface area contributed by atoms with Crippen molar-refractivity contribution in [3.05, 3.63) is 163 Å². The summed E-state index contributed by atoms with van der Waals surface area (Å²) in [6.45, 7) is 4.67. The van der Waals surface area contributed by atoms with Crippen molar-refractivity contribution in [3.8, 4) is 56.4 Å². The van der Waals surface area contributed by atoms with E-state index in [0.29, 0.717) is 17.5 Å². The molecule has 11 rings (SSSR count). The predicted molar refractivity (Wildman–Crippen MR) is 219 cm³/mol. The largest absolute Gasteiger partial charge is 0.456 e. The third kappa shape index (κ3) is 4.64. The number of furan rings is 1. The van der Waals surface area contributed by atoms with Gasteiger partial charge in [0.15, 0.2) is 17.5 Å². The highest BCUT2D eigenvalue weighted by Crippen LogP contribution is 2.53. The summed E-state index contributed by atoms with van der Waals surface area (Å²) in [5.41, 5.74) is 12.0. The molecule has 0 saturated heterocycles. The number of hydrogen-bond acceptors (Lipinski definition) is 5. The molecule has 0 radical (unpaired) electrons. The maximum Gasteiger partial charge on any atom is 0.164 e. The molecule has 250 valence electrons. The molecule has 0 aliphatic heterocycles. The molecule has 53 heavy (non-hydrogen) atoms. The van der Waals surface area contributed by atoms with E-state index in [1.54, 1.807) is 11.3 Å². The third-order valence-corrected chi connectivity index (χ3v) is 12.1. The second-order valence-corrected chi connectivity index (χ2v) is 15.5. The van der Waals surface area contributed by atoms with Gasteiger partial charge in [-0.15, -0.1) is 11.3 Å². The highest BCUT2D eigenvalue weighted by Gasteiger charge is 2.37. The van der Waals surface area contributed by atoms with Crippen molar-refractivity contribution in [1.29, 1.82) is 0 Å². The molecule has 3 aromatic heterocycles. The van der Waals surface area contributed by atoms with Gasteiger partial charge in [-0.1, -0.05) is 129 Å². The molecule has 0 N–H and O–H groups in total. The van der Waals surface area contributed by atoms with Crippen LogP contribution >= 0.6 is 11.3 Å². The van der Waals surface area contributed by atoms with Crippen LogP contribution in [0.4, 0.5) is 0 Å². The zero-order valence-electron chi connectivity index (χ0n) is 29.1. The van der Waals surface area contributed by atoms with Gasteiger partial charge in [0.05, 0.1) is 0 Å². The van der Waals surface area contributed by atoms with Gasteiger partial charge in [0.1, 0.15) is 11.2 Å². The lowest BCUT2D eigenvalue weighted by Gasteiger charge is -2.22. The van der Waals surface area contributed by atoms with Gasteiger partial charge in [0.2, 0.25) is 0 Å². The quantitative estimate of drug-likeness (QED) is 0.184. The fraction of sp³-hybridized carbons (Fsp3) is 0.0625. The number of hydrogen-bond donors (Lipinski definition) is 0. The van der Waals surface area contributed by atoms with Gasteiger partial charge in [-0.25, -0.2) is 15.0 Å². The third-order valence-electron chi connectivity index (χ3n) is 10.9. The van der Waals surface area contributed by atoms with Gasteiger partial charge in [-0.3, -0.25) is 0 Å². The average Bonchev–Trinajstić information content (AvgIpc) is 3.85. The van der Waals surface area contributed by atoms with Crippen LogP contribution in [0, 0.1) is 0 Å². The zero-order chi connectivity index (χ0) is 35.3. The van der Waals surface area contributed by atoms with E-state index in [1.807, 2.05) is 24.3 Å². The van der Waals surface area contributed by atoms with Crippen LogP contribution < -0.4 is 0 Å². The van der Waals surface area contributed by atoms with E-state index in [2.05, 4.69) is 141 Å². The van der Waals surface area contributed by atoms with Crippen molar-refractivity contribution in [2.45, 2.75) is 19.3 Å². The molecule has 4 nitrogen and oxygen atoms in total. The molecule has 1 aliphatic rings. The molecule has 10 aromatic rings. The van der Waals surface area contributed by atoms with Crippen LogP contribution in [-0.4, -0.2) is 15.0 Å². The molecule has 0 saturated carbocycles. The van der Waals surface area contributed by atoms with Crippen molar-refractivity contribution in [2.24, 2.45) is 0 Å². The first kappa shape index (κ1) is 30.2. The Morgan fingerprint density at radius 3 is 1.94 bits per heavy atom. The van der Waals surface area contributed by atoms with Crippen molar-refractivity contribution in [2.75, 3.05) is 0 Å². The van der Waals surface area contributed by atoms with Crippen LogP contribution in [0.3, 0.4) is 0 Å². The molecular formula is C48H31N3OS. The fourth-order valence-corrected chi connectivity index (χ4v) is 9.42. The van der Waals surface area contributed by atoms with Crippen molar-refractivity contribution in [1.82, 2.24) is 15.0 Å². The Hall–Kier alpha value is -6.43. The minimum atomic E-state index is -0.173. The maximum absolute atomic E-state index is 6.30. The second-order valence-electron chi connectivity index (χ2n) is 14.4. The standard InChI is InChI=1S/C48H31N3OS/c1-48(2)37-23-24-40-44(36-16-6-8-17-39(36)52-40)43(37)35-22-19-30(26-38(35)48)29-13-10-14-31(25-29)46-49-45(28-11-4-3-5-12-28)50-47(51-46)32-20-21-34-33-15-7-9-18-41(33)53-42(34)27-32/h3-27H,1-2H3. The van der Waals surface area contributed by atoms with E-state index in [0.717, 1.165) is 44.4 Å². The molecule has 0 spiro atoms. The summed E-state index contributed by atoms with van der Waals surface area (Å²) in [6, 6.07) is 53.5. The monoisotopic (exact) mass is 697 g/mol. The maximum atomic E-state index is 6.30. The van der Waals surface area contributed by atoms with E-state index in [1.165, 1.54) is 47.8 Å². The Labute approximate surface area is 310 Å². The fourth-order valence-electron chi connectivity index (χ4n) is 8.27. The Balaban J connectivity index is 1.03. The normalized spacial score (nSPS) is 13.2. The molecule has 0 atom stereocenters. The highest BCUT2D eigenvalue weighted by atomic mass is 32.1. The van der Waals surface area contributed by atoms with E-state index in [4.69, 9.17) is 19.4 Å². The summed E-state index contributed by atoms with van der Waals surface area (Å²) >= 11 is 1.80. The topological polar surface area (TPSA) is 51.8 Å². The minimum Gasteiger partial charge on any atom is -0.456 e. The van der Waals surface area contributed by atoms with Gasteiger partial charge in [0.25, 0.3) is 0 Å². The van der Waals surface area contributed by atoms with Crippen molar-refractivity contribution >= 4 is 53.4 Å². The molecule has 0 unspecified atom stereocenters. The summed E-state index contributed by atoms with van der Waals surface area (Å²) in [7, 11) is 0. The number of fused-ring (bicyclic) bond motifs is 10. The summed E-state index contributed by atoms with van der Waals surface area (Å²) in [5, 5.41) is 4.89. The zero-order valence-corrected chi connectivity index (χ0v) is 29.9. The van der Waals surface area contributed by atoms with Gasteiger partial charge < -0.3 is 4.42 Å². The Morgan fingerprint density at radius 1 is 0.453 bits per heavy atom. The minimum absolute atomic E-state index is 0.173. The van der Waals surface area contributed by atoms with Crippen LogP contribution in [0.2, 0.25) is 0 Å². The molecule has 1 aliphatic carbocycles. The summed E-state index contributed by atoms with van der Waals surface area (Å²) in [6.07, 6.45) is 0. The SMILES string of the molecule is CC1(C)c2cc(-c3cccc(-c4nc(-c5ccccc5)nc(-c5ccc6c(c5)sc5ccccc56)n4)c3)ccc2-c2c1ccc1oc3ccccc3c21. The Kier molecular flexibility index (Phi) is 6.43. The average molecular weight is 698 g/mol. The molecule has 0 amide bonds. The van der Waals surface area contributed by atoms with E-state index in [9.17, 15) is 0 Å². The lowest BCUT2D eigenvalue weighted by Crippen LogP contribution is -2.14. The van der Waals surface area contributed by atoms with Gasteiger partial charge in [-0.2, -0.15) is 0 Å². The first-order valence-electron chi connectivity index (χ1n) is 17.9. The summed E-state index contributed by atoms with van der Waals surface area (Å²) in [5.74, 6) is 1.96. The van der Waals surface area contributed by atoms with E-state index in [-0.39, 0.29) is 5.41 Å². The van der Waals surface area contributed by atoms with Gasteiger partial charge >= 0.3 is 0 Å². The predicted octanol–water partition coefficient (Wildman–Crippen LogP) is 13.1. The number of benzene rings is 7. The first-order valence-corrected chi connectivity index (χ1v) is 18.7. The molecule has 0 fully saturated rings. The van der Waals surface area contributed by atoms with Crippen molar-refractivity contribution < 1.29 is 4.42 Å². The van der Waals surface area contributed by atoms with Gasteiger partial charge in [0, 0.05) is 53.1 Å². The van der Waals surface area contributed by atoms with Crippen LogP contribution in [-0.2, 0) is 5.41 Å². The molecule has 7 aromatic carbocycles. The van der Waals surface area contributed by atoms with Crippen LogP contribution in [0.1, 0.15) is 25.0 Å². The summed E-state index contributed by atoms with van der Waals surface area (Å²) < 4.78 is 8.80. The second kappa shape index (κ2) is 11.3. The summed E-state index contributed by atoms with van der Waals surface area (Å²) in [4.78, 5) is 15.2. The number of rotatable bonds is 4. The molecular weight excluding hydrogens is 667 g/mol. The lowest BCUT2D eigenvalue weighted by atomic mass is 9.81. The lowest BCUT2D eigenvalue weighted by molar-refractivity contribution is 0.657. The highest BCUT2D eigenvalue weighted by molar-refractivity contribution is 7.25. The molecule has 3 heterocycles. The smallest absolute Gasteiger partial charge is 0.164 e. The first-order chi connectivity index (χ1) is 26.0. The number of nitrogens with zero attached hydrogens (tertiary/aromatic N) is 3. The molecule has 0 bridgehead atoms.